The maximum Gasteiger partial charge on any atom is 0.294 e. The van der Waals surface area contributed by atoms with Gasteiger partial charge in [-0.15, -0.1) is 0 Å². The van der Waals surface area contributed by atoms with Crippen molar-refractivity contribution in [3.63, 3.8) is 0 Å². The highest BCUT2D eigenvalue weighted by Gasteiger charge is 2.32. The van der Waals surface area contributed by atoms with Crippen LogP contribution in [-0.2, 0) is 11.3 Å². The molecule has 1 saturated heterocycles. The summed E-state index contributed by atoms with van der Waals surface area (Å²) in [7, 11) is 0. The molecule has 0 saturated carbocycles. The maximum absolute atomic E-state index is 12.7. The molecule has 0 radical (unpaired) electrons. The zero-order valence-corrected chi connectivity index (χ0v) is 14.8. The minimum absolute atomic E-state index is 0.0362. The van der Waals surface area contributed by atoms with Gasteiger partial charge in [-0.05, 0) is 31.5 Å². The molecule has 3 aromatic heterocycles. The Morgan fingerprint density at radius 1 is 1.15 bits per heavy atom. The van der Waals surface area contributed by atoms with Gasteiger partial charge in [-0.3, -0.25) is 19.3 Å². The molecule has 9 nitrogen and oxygen atoms in total. The zero-order chi connectivity index (χ0) is 18.8. The Balaban J connectivity index is 1.46. The Hall–Kier alpha value is -3.49. The molecule has 9 heteroatoms. The standard InChI is InChI=1S/C18H18N6O3/c1-13-11-16(21-27-13)18(26)24-9-4-8-23(24)17(25)12-22-10-6-15(20-22)14-5-2-3-7-19-14/h2-3,5-7,10-11H,4,8-9,12H2,1H3. The van der Waals surface area contributed by atoms with Gasteiger partial charge >= 0.3 is 0 Å². The molecule has 2 amide bonds. The van der Waals surface area contributed by atoms with Gasteiger partial charge in [0.15, 0.2) is 5.69 Å². The number of hydrazine groups is 1. The molecule has 0 spiro atoms. The number of rotatable bonds is 4. The van der Waals surface area contributed by atoms with Crippen LogP contribution in [0.5, 0.6) is 0 Å². The first-order valence-electron chi connectivity index (χ1n) is 8.62. The number of carbonyl (C=O) groups excluding carboxylic acids is 2. The minimum Gasteiger partial charge on any atom is -0.361 e. The highest BCUT2D eigenvalue weighted by molar-refractivity contribution is 5.94. The van der Waals surface area contributed by atoms with Crippen LogP contribution in [0.15, 0.2) is 47.2 Å². The molecule has 3 aromatic rings. The van der Waals surface area contributed by atoms with E-state index in [4.69, 9.17) is 4.52 Å². The van der Waals surface area contributed by atoms with Crippen LogP contribution < -0.4 is 0 Å². The van der Waals surface area contributed by atoms with Crippen LogP contribution in [0.3, 0.4) is 0 Å². The second kappa shape index (κ2) is 7.02. The van der Waals surface area contributed by atoms with Crippen molar-refractivity contribution >= 4 is 11.8 Å². The van der Waals surface area contributed by atoms with Crippen molar-refractivity contribution in [1.29, 1.82) is 0 Å². The van der Waals surface area contributed by atoms with Gasteiger partial charge < -0.3 is 4.52 Å². The van der Waals surface area contributed by atoms with Gasteiger partial charge in [-0.25, -0.2) is 10.0 Å². The van der Waals surface area contributed by atoms with Crippen LogP contribution >= 0.6 is 0 Å². The summed E-state index contributed by atoms with van der Waals surface area (Å²) < 4.78 is 6.51. The van der Waals surface area contributed by atoms with E-state index in [0.29, 0.717) is 31.0 Å². The molecule has 4 rings (SSSR count). The van der Waals surface area contributed by atoms with Crippen molar-refractivity contribution in [1.82, 2.24) is 29.9 Å². The molecule has 0 bridgehead atoms. The topological polar surface area (TPSA) is 97.4 Å². The normalized spacial score (nSPS) is 14.0. The summed E-state index contributed by atoms with van der Waals surface area (Å²) in [5.41, 5.74) is 1.63. The van der Waals surface area contributed by atoms with Crippen LogP contribution in [0.25, 0.3) is 11.4 Å². The Labute approximate surface area is 155 Å². The number of carbonyl (C=O) groups is 2. The fraction of sp³-hybridized carbons (Fsp3) is 0.278. The molecule has 0 aliphatic carbocycles. The number of aryl methyl sites for hydroxylation is 1. The van der Waals surface area contributed by atoms with E-state index in [1.807, 2.05) is 18.2 Å². The highest BCUT2D eigenvalue weighted by Crippen LogP contribution is 2.17. The number of amides is 2. The number of hydrogen-bond donors (Lipinski definition) is 0. The third kappa shape index (κ3) is 3.43. The van der Waals surface area contributed by atoms with Crippen molar-refractivity contribution in [2.75, 3.05) is 13.1 Å². The average molecular weight is 366 g/mol. The van der Waals surface area contributed by atoms with Crippen molar-refractivity contribution < 1.29 is 14.1 Å². The lowest BCUT2D eigenvalue weighted by Gasteiger charge is -2.27. The molecular formula is C18H18N6O3. The fourth-order valence-corrected chi connectivity index (χ4v) is 3.00. The molecule has 0 aromatic carbocycles. The zero-order valence-electron chi connectivity index (χ0n) is 14.8. The number of nitrogens with zero attached hydrogens (tertiary/aromatic N) is 6. The van der Waals surface area contributed by atoms with E-state index in [1.165, 1.54) is 10.0 Å². The Morgan fingerprint density at radius 3 is 2.74 bits per heavy atom. The van der Waals surface area contributed by atoms with Crippen LogP contribution in [0.1, 0.15) is 22.7 Å². The summed E-state index contributed by atoms with van der Waals surface area (Å²) in [5.74, 6) is -0.00177. The summed E-state index contributed by atoms with van der Waals surface area (Å²) in [6.07, 6.45) is 4.14. The fourth-order valence-electron chi connectivity index (χ4n) is 3.00. The SMILES string of the molecule is Cc1cc(C(=O)N2CCCN2C(=O)Cn2ccc(-c3ccccn3)n2)no1. The van der Waals surface area contributed by atoms with Gasteiger partial charge in [0.2, 0.25) is 0 Å². The quantitative estimate of drug-likeness (QED) is 0.695. The largest absolute Gasteiger partial charge is 0.361 e. The Bertz CT molecular complexity index is 964. The predicted octanol–water partition coefficient (Wildman–Crippen LogP) is 1.53. The van der Waals surface area contributed by atoms with Crippen LogP contribution in [-0.4, -0.2) is 54.8 Å². The summed E-state index contributed by atoms with van der Waals surface area (Å²) in [6, 6.07) is 8.94. The second-order valence-electron chi connectivity index (χ2n) is 6.24. The third-order valence-electron chi connectivity index (χ3n) is 4.27. The summed E-state index contributed by atoms with van der Waals surface area (Å²) >= 11 is 0. The van der Waals surface area contributed by atoms with Gasteiger partial charge in [0, 0.05) is 31.5 Å². The highest BCUT2D eigenvalue weighted by atomic mass is 16.5. The van der Waals surface area contributed by atoms with Gasteiger partial charge in [0.25, 0.3) is 11.8 Å². The lowest BCUT2D eigenvalue weighted by atomic mass is 10.3. The molecule has 0 atom stereocenters. The molecule has 1 aliphatic heterocycles. The monoisotopic (exact) mass is 366 g/mol. The third-order valence-corrected chi connectivity index (χ3v) is 4.27. The minimum atomic E-state index is -0.340. The summed E-state index contributed by atoms with van der Waals surface area (Å²) in [5, 5.41) is 11.0. The lowest BCUT2D eigenvalue weighted by molar-refractivity contribution is -0.141. The average Bonchev–Trinajstić information content (AvgIpc) is 3.42. The first kappa shape index (κ1) is 17.0. The van der Waals surface area contributed by atoms with E-state index in [-0.39, 0.29) is 24.1 Å². The van der Waals surface area contributed by atoms with Crippen LogP contribution in [0.2, 0.25) is 0 Å². The molecule has 4 heterocycles. The van der Waals surface area contributed by atoms with Crippen LogP contribution in [0.4, 0.5) is 0 Å². The van der Waals surface area contributed by atoms with Gasteiger partial charge in [-0.1, -0.05) is 11.2 Å². The van der Waals surface area contributed by atoms with E-state index < -0.39 is 0 Å². The van der Waals surface area contributed by atoms with Gasteiger partial charge in [0.05, 0.1) is 5.69 Å². The first-order chi connectivity index (χ1) is 13.1. The van der Waals surface area contributed by atoms with Crippen molar-refractivity contribution in [2.45, 2.75) is 19.9 Å². The molecule has 27 heavy (non-hydrogen) atoms. The molecule has 0 N–H and O–H groups in total. The van der Waals surface area contributed by atoms with E-state index >= 15 is 0 Å². The van der Waals surface area contributed by atoms with Crippen molar-refractivity contribution in [3.05, 3.63) is 54.2 Å². The number of aromatic nitrogens is 4. The molecule has 138 valence electrons. The van der Waals surface area contributed by atoms with Crippen molar-refractivity contribution in [3.8, 4) is 11.4 Å². The van der Waals surface area contributed by atoms with E-state index in [2.05, 4.69) is 15.2 Å². The smallest absolute Gasteiger partial charge is 0.294 e. The van der Waals surface area contributed by atoms with Gasteiger partial charge in [-0.2, -0.15) is 5.10 Å². The number of hydrogen-bond acceptors (Lipinski definition) is 6. The lowest BCUT2D eigenvalue weighted by Crippen LogP contribution is -2.46. The second-order valence-corrected chi connectivity index (χ2v) is 6.24. The van der Waals surface area contributed by atoms with E-state index in [9.17, 15) is 9.59 Å². The Morgan fingerprint density at radius 2 is 2.00 bits per heavy atom. The summed E-state index contributed by atoms with van der Waals surface area (Å²) in [4.78, 5) is 29.6. The molecule has 1 aliphatic rings. The van der Waals surface area contributed by atoms with Crippen LogP contribution in [0, 0.1) is 6.92 Å². The molecular weight excluding hydrogens is 348 g/mol. The summed E-state index contributed by atoms with van der Waals surface area (Å²) in [6.45, 7) is 2.70. The van der Waals surface area contributed by atoms with Crippen molar-refractivity contribution in [2.24, 2.45) is 0 Å². The first-order valence-corrected chi connectivity index (χ1v) is 8.62. The van der Waals surface area contributed by atoms with E-state index in [0.717, 1.165) is 5.69 Å². The Kier molecular flexibility index (Phi) is 4.41. The molecule has 0 unspecified atom stereocenters. The van der Waals surface area contributed by atoms with Gasteiger partial charge in [0.1, 0.15) is 18.0 Å². The van der Waals surface area contributed by atoms with E-state index in [1.54, 1.807) is 36.1 Å². The maximum atomic E-state index is 12.7. The predicted molar refractivity (Wildman–Crippen MR) is 94.1 cm³/mol. The number of pyridine rings is 1. The molecule has 1 fully saturated rings.